The van der Waals surface area contributed by atoms with Crippen molar-refractivity contribution in [1.29, 1.82) is 0 Å². The number of carbonyl (C=O) groups is 2. The molecule has 2 amide bonds. The van der Waals surface area contributed by atoms with Crippen LogP contribution in [-0.2, 0) is 17.8 Å². The van der Waals surface area contributed by atoms with E-state index in [1.165, 1.54) is 6.26 Å². The summed E-state index contributed by atoms with van der Waals surface area (Å²) in [6.45, 7) is 4.70. The summed E-state index contributed by atoms with van der Waals surface area (Å²) < 4.78 is 18.0. The summed E-state index contributed by atoms with van der Waals surface area (Å²) in [5.74, 6) is 0.901. The van der Waals surface area contributed by atoms with E-state index in [0.29, 0.717) is 44.3 Å². The zero-order chi connectivity index (χ0) is 22.1. The van der Waals surface area contributed by atoms with Crippen LogP contribution in [0.25, 0.3) is 0 Å². The molecule has 0 aliphatic heterocycles. The van der Waals surface area contributed by atoms with Crippen LogP contribution in [0.2, 0.25) is 0 Å². The van der Waals surface area contributed by atoms with E-state index in [9.17, 15) is 9.59 Å². The quantitative estimate of drug-likeness (QED) is 0.447. The maximum Gasteiger partial charge on any atom is 0.289 e. The fourth-order valence-electron chi connectivity index (χ4n) is 3.28. The number of aromatic nitrogens is 1. The Bertz CT molecular complexity index is 958. The van der Waals surface area contributed by atoms with Crippen LogP contribution < -0.4 is 5.32 Å². The molecule has 0 saturated carbocycles. The van der Waals surface area contributed by atoms with E-state index in [1.807, 2.05) is 29.8 Å². The van der Waals surface area contributed by atoms with Gasteiger partial charge in [-0.15, -0.1) is 0 Å². The van der Waals surface area contributed by atoms with Gasteiger partial charge in [-0.1, -0.05) is 6.92 Å². The molecule has 0 bridgehead atoms. The molecule has 8 nitrogen and oxygen atoms in total. The molecule has 0 fully saturated rings. The number of rotatable bonds is 12. The molecule has 0 aliphatic rings. The molecular formula is C23H29N3O5. The third-order valence-electron chi connectivity index (χ3n) is 4.81. The van der Waals surface area contributed by atoms with E-state index in [0.717, 1.165) is 18.5 Å². The number of amides is 2. The van der Waals surface area contributed by atoms with Crippen LogP contribution in [0.3, 0.4) is 0 Å². The number of nitrogens with one attached hydrogen (secondary N) is 1. The largest absolute Gasteiger partial charge is 0.459 e. The first kappa shape index (κ1) is 22.4. The first-order valence-electron chi connectivity index (χ1n) is 10.4. The predicted octanol–water partition coefficient (Wildman–Crippen LogP) is 3.54. The maximum absolute atomic E-state index is 12.7. The van der Waals surface area contributed by atoms with Gasteiger partial charge in [0.1, 0.15) is 5.76 Å². The number of methoxy groups -OCH3 is 1. The third kappa shape index (κ3) is 6.11. The molecule has 166 valence electrons. The number of ether oxygens (including phenoxy) is 1. The molecular weight excluding hydrogens is 398 g/mol. The summed E-state index contributed by atoms with van der Waals surface area (Å²) in [6, 6.07) is 10.8. The van der Waals surface area contributed by atoms with Crippen LogP contribution >= 0.6 is 0 Å². The monoisotopic (exact) mass is 427 g/mol. The summed E-state index contributed by atoms with van der Waals surface area (Å²) in [4.78, 5) is 26.7. The molecule has 3 rings (SSSR count). The van der Waals surface area contributed by atoms with Gasteiger partial charge < -0.3 is 28.4 Å². The molecule has 0 atom stereocenters. The highest BCUT2D eigenvalue weighted by molar-refractivity contribution is 5.91. The summed E-state index contributed by atoms with van der Waals surface area (Å²) >= 11 is 0. The van der Waals surface area contributed by atoms with Crippen molar-refractivity contribution in [3.63, 3.8) is 0 Å². The number of nitrogens with zero attached hydrogens (tertiary/aromatic N) is 2. The van der Waals surface area contributed by atoms with E-state index in [-0.39, 0.29) is 17.6 Å². The van der Waals surface area contributed by atoms with Crippen molar-refractivity contribution in [2.75, 3.05) is 26.8 Å². The van der Waals surface area contributed by atoms with Crippen molar-refractivity contribution < 1.29 is 23.2 Å². The lowest BCUT2D eigenvalue weighted by atomic mass is 10.3. The number of hydrogen-bond donors (Lipinski definition) is 1. The second kappa shape index (κ2) is 11.2. The van der Waals surface area contributed by atoms with Gasteiger partial charge in [0.2, 0.25) is 0 Å². The second-order valence-electron chi connectivity index (χ2n) is 7.20. The van der Waals surface area contributed by atoms with Crippen molar-refractivity contribution in [3.05, 3.63) is 71.8 Å². The summed E-state index contributed by atoms with van der Waals surface area (Å²) in [6.07, 6.45) is 5.02. The van der Waals surface area contributed by atoms with Gasteiger partial charge in [-0.05, 0) is 49.2 Å². The molecule has 0 aromatic carbocycles. The Hall–Kier alpha value is -3.26. The van der Waals surface area contributed by atoms with Gasteiger partial charge in [0.05, 0.1) is 19.4 Å². The van der Waals surface area contributed by atoms with Gasteiger partial charge in [0.25, 0.3) is 11.8 Å². The van der Waals surface area contributed by atoms with Crippen molar-refractivity contribution in [1.82, 2.24) is 14.8 Å². The highest BCUT2D eigenvalue weighted by Crippen LogP contribution is 2.15. The van der Waals surface area contributed by atoms with Gasteiger partial charge in [0.15, 0.2) is 11.5 Å². The van der Waals surface area contributed by atoms with Gasteiger partial charge in [0, 0.05) is 38.7 Å². The second-order valence-corrected chi connectivity index (χ2v) is 7.20. The molecule has 8 heteroatoms. The highest BCUT2D eigenvalue weighted by atomic mass is 16.5. The van der Waals surface area contributed by atoms with Gasteiger partial charge >= 0.3 is 0 Å². The van der Waals surface area contributed by atoms with E-state index in [2.05, 4.69) is 5.32 Å². The van der Waals surface area contributed by atoms with Crippen LogP contribution in [0.5, 0.6) is 0 Å². The molecule has 0 unspecified atom stereocenters. The standard InChI is InChI=1S/C23H29N3O5/c1-3-12-26(23(28)21-8-5-15-30-21)16-18-7-4-13-25(18)17-19-9-10-20(31-19)22(27)24-11-6-14-29-2/h4-5,7-10,13,15H,3,6,11-12,14,16-17H2,1-2H3,(H,24,27). The number of carbonyl (C=O) groups excluding carboxylic acids is 2. The zero-order valence-corrected chi connectivity index (χ0v) is 18.0. The van der Waals surface area contributed by atoms with E-state index >= 15 is 0 Å². The normalized spacial score (nSPS) is 10.9. The van der Waals surface area contributed by atoms with Crippen molar-refractivity contribution in [2.24, 2.45) is 0 Å². The van der Waals surface area contributed by atoms with E-state index in [4.69, 9.17) is 13.6 Å². The Morgan fingerprint density at radius 3 is 2.77 bits per heavy atom. The summed E-state index contributed by atoms with van der Waals surface area (Å²) in [5.41, 5.74) is 0.968. The fourth-order valence-corrected chi connectivity index (χ4v) is 3.28. The Kier molecular flexibility index (Phi) is 8.12. The molecule has 1 N–H and O–H groups in total. The van der Waals surface area contributed by atoms with Crippen molar-refractivity contribution >= 4 is 11.8 Å². The predicted molar refractivity (Wildman–Crippen MR) is 115 cm³/mol. The first-order valence-corrected chi connectivity index (χ1v) is 10.4. The minimum atomic E-state index is -0.242. The average Bonchev–Trinajstić information content (AvgIpc) is 3.53. The zero-order valence-electron chi connectivity index (χ0n) is 18.0. The first-order chi connectivity index (χ1) is 15.1. The van der Waals surface area contributed by atoms with Gasteiger partial charge in [-0.2, -0.15) is 0 Å². The van der Waals surface area contributed by atoms with Gasteiger partial charge in [-0.3, -0.25) is 9.59 Å². The van der Waals surface area contributed by atoms with Crippen LogP contribution in [0.15, 0.2) is 57.7 Å². The molecule has 31 heavy (non-hydrogen) atoms. The SMILES string of the molecule is CCCN(Cc1cccn1Cc1ccc(C(=O)NCCCOC)o1)C(=O)c1ccco1. The molecule has 0 aliphatic carbocycles. The van der Waals surface area contributed by atoms with E-state index < -0.39 is 0 Å². The summed E-state index contributed by atoms with van der Waals surface area (Å²) in [7, 11) is 1.63. The molecule has 0 spiro atoms. The van der Waals surface area contributed by atoms with Gasteiger partial charge in [-0.25, -0.2) is 0 Å². The Morgan fingerprint density at radius 2 is 2.03 bits per heavy atom. The maximum atomic E-state index is 12.7. The van der Waals surface area contributed by atoms with Crippen molar-refractivity contribution in [2.45, 2.75) is 32.9 Å². The molecule has 3 aromatic heterocycles. The van der Waals surface area contributed by atoms with Crippen molar-refractivity contribution in [3.8, 4) is 0 Å². The van der Waals surface area contributed by atoms with Crippen LogP contribution in [0, 0.1) is 0 Å². The Balaban J connectivity index is 1.63. The molecule has 3 heterocycles. The highest BCUT2D eigenvalue weighted by Gasteiger charge is 2.19. The Morgan fingerprint density at radius 1 is 1.16 bits per heavy atom. The smallest absolute Gasteiger partial charge is 0.289 e. The lowest BCUT2D eigenvalue weighted by Crippen LogP contribution is -2.31. The lowest BCUT2D eigenvalue weighted by Gasteiger charge is -2.22. The van der Waals surface area contributed by atoms with E-state index in [1.54, 1.807) is 36.3 Å². The molecule has 3 aromatic rings. The number of furan rings is 2. The number of hydrogen-bond acceptors (Lipinski definition) is 5. The molecule has 0 saturated heterocycles. The topological polar surface area (TPSA) is 89.9 Å². The van der Waals surface area contributed by atoms with Crippen LogP contribution in [0.1, 0.15) is 52.3 Å². The Labute approximate surface area is 181 Å². The van der Waals surface area contributed by atoms with Crippen LogP contribution in [0.4, 0.5) is 0 Å². The minimum absolute atomic E-state index is 0.134. The summed E-state index contributed by atoms with van der Waals surface area (Å²) in [5, 5.41) is 2.81. The third-order valence-corrected chi connectivity index (χ3v) is 4.81. The fraction of sp³-hybridized carbons (Fsp3) is 0.391. The van der Waals surface area contributed by atoms with Crippen LogP contribution in [-0.4, -0.2) is 48.1 Å². The molecule has 0 radical (unpaired) electrons. The minimum Gasteiger partial charge on any atom is -0.459 e. The average molecular weight is 428 g/mol. The lowest BCUT2D eigenvalue weighted by molar-refractivity contribution is 0.0707.